The van der Waals surface area contributed by atoms with E-state index in [0.717, 1.165) is 15.1 Å². The maximum atomic E-state index is 11.2. The first-order chi connectivity index (χ1) is 7.15. The Morgan fingerprint density at radius 2 is 2.07 bits per heavy atom. The highest BCUT2D eigenvalue weighted by atomic mass is 32.1. The number of carbonyl (C=O) groups excluding carboxylic acids is 2. The van der Waals surface area contributed by atoms with Gasteiger partial charge in [-0.15, -0.1) is 11.3 Å². The van der Waals surface area contributed by atoms with Crippen LogP contribution in [0.3, 0.4) is 0 Å². The molecule has 2 aromatic heterocycles. The van der Waals surface area contributed by atoms with E-state index in [0.29, 0.717) is 0 Å². The van der Waals surface area contributed by atoms with Crippen molar-refractivity contribution < 1.29 is 14.3 Å². The fraction of sp³-hybridized carbons (Fsp3) is 0.100. The van der Waals surface area contributed by atoms with Gasteiger partial charge in [0.25, 0.3) is 0 Å². The van der Waals surface area contributed by atoms with Gasteiger partial charge in [0, 0.05) is 10.3 Å². The molecule has 0 aliphatic carbocycles. The molecular formula is C10H5NO3S. The molecule has 0 unspecified atom stereocenters. The summed E-state index contributed by atoms with van der Waals surface area (Å²) in [6.45, 7) is 1.96. The molecule has 0 amide bonds. The SMILES string of the molecule is Cc1cc2cc3c(nc2s1)C(=O)OC3=O. The Hall–Kier alpha value is -1.75. The number of aromatic nitrogens is 1. The van der Waals surface area contributed by atoms with E-state index in [1.54, 1.807) is 6.07 Å². The minimum absolute atomic E-state index is 0.134. The molecule has 0 spiro atoms. The molecule has 74 valence electrons. The number of cyclic esters (lactones) is 2. The quantitative estimate of drug-likeness (QED) is 0.501. The standard InChI is InChI=1S/C10H5NO3S/c1-4-2-5-3-6-7(11-8(5)15-4)10(13)14-9(6)12/h2-3H,1H3. The number of hydrogen-bond donors (Lipinski definition) is 0. The minimum Gasteiger partial charge on any atom is -0.384 e. The summed E-state index contributed by atoms with van der Waals surface area (Å²) in [7, 11) is 0. The summed E-state index contributed by atoms with van der Waals surface area (Å²) in [5.74, 6) is -1.25. The summed E-state index contributed by atoms with van der Waals surface area (Å²) in [6.07, 6.45) is 0. The Kier molecular flexibility index (Phi) is 1.50. The Morgan fingerprint density at radius 1 is 1.27 bits per heavy atom. The van der Waals surface area contributed by atoms with Gasteiger partial charge >= 0.3 is 11.9 Å². The average Bonchev–Trinajstić information content (AvgIpc) is 2.65. The van der Waals surface area contributed by atoms with E-state index < -0.39 is 11.9 Å². The van der Waals surface area contributed by atoms with Crippen LogP contribution in [0.1, 0.15) is 25.7 Å². The maximum Gasteiger partial charge on any atom is 0.365 e. The number of rotatable bonds is 0. The molecule has 1 aliphatic rings. The first-order valence-corrected chi connectivity index (χ1v) is 5.14. The number of ether oxygens (including phenoxy) is 1. The number of thiophene rings is 1. The molecule has 0 radical (unpaired) electrons. The van der Waals surface area contributed by atoms with E-state index >= 15 is 0 Å². The molecule has 4 nitrogen and oxygen atoms in total. The summed E-state index contributed by atoms with van der Waals surface area (Å²) in [5.41, 5.74) is 0.402. The zero-order valence-corrected chi connectivity index (χ0v) is 8.55. The van der Waals surface area contributed by atoms with Crippen molar-refractivity contribution in [3.05, 3.63) is 28.3 Å². The van der Waals surface area contributed by atoms with Gasteiger partial charge in [-0.1, -0.05) is 0 Å². The fourth-order valence-electron chi connectivity index (χ4n) is 1.60. The molecule has 0 saturated heterocycles. The second-order valence-corrected chi connectivity index (χ2v) is 4.55. The van der Waals surface area contributed by atoms with Gasteiger partial charge in [0.15, 0.2) is 5.69 Å². The van der Waals surface area contributed by atoms with Crippen LogP contribution in [0.4, 0.5) is 0 Å². The van der Waals surface area contributed by atoms with E-state index in [9.17, 15) is 9.59 Å². The molecule has 5 heteroatoms. The van der Waals surface area contributed by atoms with Crippen LogP contribution in [0, 0.1) is 6.92 Å². The third-order valence-corrected chi connectivity index (χ3v) is 3.19. The van der Waals surface area contributed by atoms with Crippen molar-refractivity contribution in [3.8, 4) is 0 Å². The van der Waals surface area contributed by atoms with Crippen LogP contribution in [0.5, 0.6) is 0 Å². The first-order valence-electron chi connectivity index (χ1n) is 4.33. The molecule has 15 heavy (non-hydrogen) atoms. The van der Waals surface area contributed by atoms with Gasteiger partial charge in [0.05, 0.1) is 5.56 Å². The predicted octanol–water partition coefficient (Wildman–Crippen LogP) is 1.92. The summed E-state index contributed by atoms with van der Waals surface area (Å²) >= 11 is 1.49. The Labute approximate surface area is 88.5 Å². The normalized spacial score (nSPS) is 14.5. The molecular weight excluding hydrogens is 214 g/mol. The molecule has 1 aliphatic heterocycles. The zero-order chi connectivity index (χ0) is 10.6. The van der Waals surface area contributed by atoms with Gasteiger partial charge in [-0.3, -0.25) is 0 Å². The second-order valence-electron chi connectivity index (χ2n) is 3.31. The Morgan fingerprint density at radius 3 is 2.87 bits per heavy atom. The van der Waals surface area contributed by atoms with Gasteiger partial charge in [-0.2, -0.15) is 0 Å². The lowest BCUT2D eigenvalue weighted by molar-refractivity contribution is 0.0441. The van der Waals surface area contributed by atoms with Crippen molar-refractivity contribution in [2.24, 2.45) is 0 Å². The number of esters is 2. The second kappa shape index (κ2) is 2.64. The largest absolute Gasteiger partial charge is 0.384 e. The highest BCUT2D eigenvalue weighted by molar-refractivity contribution is 7.18. The monoisotopic (exact) mass is 219 g/mol. The number of hydrogen-bond acceptors (Lipinski definition) is 5. The molecule has 3 rings (SSSR count). The van der Waals surface area contributed by atoms with Crippen molar-refractivity contribution in [3.63, 3.8) is 0 Å². The van der Waals surface area contributed by atoms with Gasteiger partial charge in [0.2, 0.25) is 0 Å². The van der Waals surface area contributed by atoms with Crippen molar-refractivity contribution in [2.75, 3.05) is 0 Å². The summed E-state index contributed by atoms with van der Waals surface area (Å²) < 4.78 is 4.47. The van der Waals surface area contributed by atoms with Crippen LogP contribution in [0.2, 0.25) is 0 Å². The van der Waals surface area contributed by atoms with Crippen LogP contribution >= 0.6 is 11.3 Å². The third kappa shape index (κ3) is 1.10. The molecule has 0 N–H and O–H groups in total. The number of fused-ring (bicyclic) bond motifs is 2. The summed E-state index contributed by atoms with van der Waals surface area (Å²) in [4.78, 5) is 28.5. The van der Waals surface area contributed by atoms with Crippen molar-refractivity contribution >= 4 is 33.5 Å². The number of pyridine rings is 1. The van der Waals surface area contributed by atoms with E-state index in [-0.39, 0.29) is 11.3 Å². The van der Waals surface area contributed by atoms with Crippen LogP contribution in [-0.4, -0.2) is 16.9 Å². The van der Waals surface area contributed by atoms with Crippen LogP contribution in [0.25, 0.3) is 10.2 Å². The smallest absolute Gasteiger partial charge is 0.365 e. The minimum atomic E-state index is -0.650. The first kappa shape index (κ1) is 8.55. The molecule has 3 heterocycles. The number of nitrogens with zero attached hydrogens (tertiary/aromatic N) is 1. The summed E-state index contributed by atoms with van der Waals surface area (Å²) in [5, 5.41) is 0.878. The van der Waals surface area contributed by atoms with E-state index in [1.165, 1.54) is 11.3 Å². The molecule has 0 fully saturated rings. The maximum absolute atomic E-state index is 11.2. The lowest BCUT2D eigenvalue weighted by Gasteiger charge is -1.91. The predicted molar refractivity (Wildman–Crippen MR) is 54.1 cm³/mol. The van der Waals surface area contributed by atoms with Gasteiger partial charge in [0.1, 0.15) is 4.83 Å². The average molecular weight is 219 g/mol. The number of aryl methyl sites for hydroxylation is 1. The van der Waals surface area contributed by atoms with Gasteiger partial charge in [-0.05, 0) is 19.1 Å². The molecule has 0 atom stereocenters. The molecule has 0 saturated carbocycles. The lowest BCUT2D eigenvalue weighted by Crippen LogP contribution is -1.97. The molecule has 0 bridgehead atoms. The Bertz CT molecular complexity index is 563. The van der Waals surface area contributed by atoms with Crippen LogP contribution < -0.4 is 0 Å². The van der Waals surface area contributed by atoms with Gasteiger partial charge < -0.3 is 4.74 Å². The Balaban J connectivity index is 2.40. The topological polar surface area (TPSA) is 56.3 Å². The van der Waals surface area contributed by atoms with E-state index in [1.807, 2.05) is 13.0 Å². The van der Waals surface area contributed by atoms with Crippen molar-refractivity contribution in [2.45, 2.75) is 6.92 Å². The molecule has 0 aromatic carbocycles. The highest BCUT2D eigenvalue weighted by Gasteiger charge is 2.31. The van der Waals surface area contributed by atoms with Crippen LogP contribution in [0.15, 0.2) is 12.1 Å². The molecule has 2 aromatic rings. The van der Waals surface area contributed by atoms with Crippen molar-refractivity contribution in [1.82, 2.24) is 4.98 Å². The lowest BCUT2D eigenvalue weighted by atomic mass is 10.2. The van der Waals surface area contributed by atoms with E-state index in [4.69, 9.17) is 0 Å². The van der Waals surface area contributed by atoms with Crippen LogP contribution in [-0.2, 0) is 4.74 Å². The highest BCUT2D eigenvalue weighted by Crippen LogP contribution is 2.28. The summed E-state index contributed by atoms with van der Waals surface area (Å²) in [6, 6.07) is 3.59. The zero-order valence-electron chi connectivity index (χ0n) is 7.73. The third-order valence-electron chi connectivity index (χ3n) is 2.23. The van der Waals surface area contributed by atoms with Gasteiger partial charge in [-0.25, -0.2) is 14.6 Å². The fourth-order valence-corrected chi connectivity index (χ4v) is 2.46. The van der Waals surface area contributed by atoms with E-state index in [2.05, 4.69) is 9.72 Å². The number of carbonyl (C=O) groups is 2. The van der Waals surface area contributed by atoms with Crippen molar-refractivity contribution in [1.29, 1.82) is 0 Å².